The van der Waals surface area contributed by atoms with Crippen LogP contribution in [0.1, 0.15) is 23.2 Å². The Hall–Kier alpha value is -1.13. The molecule has 3 nitrogen and oxygen atoms in total. The minimum Gasteiger partial charge on any atom is -0.393 e. The third kappa shape index (κ3) is 2.82. The summed E-state index contributed by atoms with van der Waals surface area (Å²) in [5, 5.41) is 0.499. The second-order valence-corrected chi connectivity index (χ2v) is 5.33. The Labute approximate surface area is 117 Å². The number of nitrogens with two attached hydrogens (primary N) is 1. The normalized spacial score (nSPS) is 16.6. The van der Waals surface area contributed by atoms with Gasteiger partial charge in [0.2, 0.25) is 0 Å². The molecule has 0 bridgehead atoms. The molecule has 0 radical (unpaired) electrons. The lowest BCUT2D eigenvalue weighted by atomic mass is 9.96. The first-order valence-corrected chi connectivity index (χ1v) is 6.71. The molecule has 1 saturated heterocycles. The van der Waals surface area contributed by atoms with E-state index in [0.717, 1.165) is 12.8 Å². The molecule has 0 aliphatic carbocycles. The van der Waals surface area contributed by atoms with Crippen molar-refractivity contribution in [1.29, 1.82) is 0 Å². The Morgan fingerprint density at radius 2 is 1.94 bits per heavy atom. The van der Waals surface area contributed by atoms with Crippen LogP contribution in [-0.2, 0) is 0 Å². The predicted molar refractivity (Wildman–Crippen MR) is 76.9 cm³/mol. The van der Waals surface area contributed by atoms with Crippen LogP contribution in [0.2, 0.25) is 5.02 Å². The van der Waals surface area contributed by atoms with Gasteiger partial charge in [0.05, 0.1) is 15.6 Å². The van der Waals surface area contributed by atoms with E-state index in [1.165, 1.54) is 0 Å². The molecule has 96 valence electrons. The lowest BCUT2D eigenvalue weighted by Crippen LogP contribution is -2.41. The molecule has 18 heavy (non-hydrogen) atoms. The molecule has 5 heteroatoms. The van der Waals surface area contributed by atoms with Crippen molar-refractivity contribution in [3.05, 3.63) is 34.9 Å². The first kappa shape index (κ1) is 13.3. The number of piperidine rings is 1. The van der Waals surface area contributed by atoms with Crippen LogP contribution in [-0.4, -0.2) is 28.9 Å². The molecule has 2 rings (SSSR count). The zero-order valence-corrected chi connectivity index (χ0v) is 11.5. The van der Waals surface area contributed by atoms with Gasteiger partial charge in [-0.1, -0.05) is 36.0 Å². The average molecular weight is 283 g/mol. The van der Waals surface area contributed by atoms with Crippen molar-refractivity contribution in [1.82, 2.24) is 4.90 Å². The van der Waals surface area contributed by atoms with Crippen LogP contribution in [0, 0.1) is 5.92 Å². The van der Waals surface area contributed by atoms with Crippen molar-refractivity contribution in [2.75, 3.05) is 13.1 Å². The highest BCUT2D eigenvalue weighted by atomic mass is 35.5. The van der Waals surface area contributed by atoms with Gasteiger partial charge in [-0.05, 0) is 25.0 Å². The van der Waals surface area contributed by atoms with E-state index in [-0.39, 0.29) is 11.8 Å². The van der Waals surface area contributed by atoms with Gasteiger partial charge in [-0.2, -0.15) is 0 Å². The maximum Gasteiger partial charge on any atom is 0.255 e. The molecule has 0 saturated carbocycles. The van der Waals surface area contributed by atoms with Crippen LogP contribution in [0.25, 0.3) is 0 Å². The van der Waals surface area contributed by atoms with Gasteiger partial charge in [0.1, 0.15) is 0 Å². The van der Waals surface area contributed by atoms with E-state index in [1.54, 1.807) is 12.1 Å². The standard InChI is InChI=1S/C13H15ClN2OS/c14-11-4-2-1-3-10(11)13(17)16-7-5-9(6-8-16)12(15)18/h1-4,9H,5-8H2,(H2,15,18). The Bertz CT molecular complexity index is 470. The highest BCUT2D eigenvalue weighted by molar-refractivity contribution is 7.80. The molecular weight excluding hydrogens is 268 g/mol. The minimum absolute atomic E-state index is 0.0120. The number of thiocarbonyl (C=S) groups is 1. The fourth-order valence-electron chi connectivity index (χ4n) is 2.17. The molecule has 1 aliphatic rings. The van der Waals surface area contributed by atoms with Crippen molar-refractivity contribution in [3.63, 3.8) is 0 Å². The first-order chi connectivity index (χ1) is 8.59. The van der Waals surface area contributed by atoms with Gasteiger partial charge in [0, 0.05) is 19.0 Å². The van der Waals surface area contributed by atoms with Gasteiger partial charge in [-0.15, -0.1) is 0 Å². The molecule has 0 spiro atoms. The molecule has 1 heterocycles. The van der Waals surface area contributed by atoms with Crippen LogP contribution >= 0.6 is 23.8 Å². The molecule has 0 aromatic heterocycles. The van der Waals surface area contributed by atoms with Crippen molar-refractivity contribution in [3.8, 4) is 0 Å². The van der Waals surface area contributed by atoms with E-state index >= 15 is 0 Å². The van der Waals surface area contributed by atoms with Crippen LogP contribution in [0.4, 0.5) is 0 Å². The smallest absolute Gasteiger partial charge is 0.255 e. The van der Waals surface area contributed by atoms with Gasteiger partial charge in [-0.3, -0.25) is 4.79 Å². The Balaban J connectivity index is 2.04. The summed E-state index contributed by atoms with van der Waals surface area (Å²) in [5.74, 6) is 0.247. The quantitative estimate of drug-likeness (QED) is 0.848. The van der Waals surface area contributed by atoms with Crippen molar-refractivity contribution >= 4 is 34.7 Å². The number of carbonyl (C=O) groups excluding carboxylic acids is 1. The van der Waals surface area contributed by atoms with E-state index < -0.39 is 0 Å². The molecule has 0 atom stereocenters. The number of rotatable bonds is 2. The number of likely N-dealkylation sites (tertiary alicyclic amines) is 1. The Kier molecular flexibility index (Phi) is 4.19. The first-order valence-electron chi connectivity index (χ1n) is 5.92. The third-order valence-corrected chi connectivity index (χ3v) is 3.95. The summed E-state index contributed by atoms with van der Waals surface area (Å²) in [4.78, 5) is 14.6. The number of amides is 1. The number of hydrogen-bond acceptors (Lipinski definition) is 2. The molecule has 0 unspecified atom stereocenters. The number of halogens is 1. The predicted octanol–water partition coefficient (Wildman–Crippen LogP) is 2.48. The van der Waals surface area contributed by atoms with Crippen molar-refractivity contribution < 1.29 is 4.79 Å². The average Bonchev–Trinajstić information content (AvgIpc) is 2.38. The number of hydrogen-bond donors (Lipinski definition) is 1. The second kappa shape index (κ2) is 5.67. The van der Waals surface area contributed by atoms with Crippen molar-refractivity contribution in [2.45, 2.75) is 12.8 Å². The van der Waals surface area contributed by atoms with Gasteiger partial charge in [0.15, 0.2) is 0 Å². The Morgan fingerprint density at radius 1 is 1.33 bits per heavy atom. The molecule has 2 N–H and O–H groups in total. The lowest BCUT2D eigenvalue weighted by molar-refractivity contribution is 0.0710. The number of carbonyl (C=O) groups is 1. The summed E-state index contributed by atoms with van der Waals surface area (Å²) in [7, 11) is 0. The molecule has 1 fully saturated rings. The van der Waals surface area contributed by atoms with Crippen molar-refractivity contribution in [2.24, 2.45) is 11.7 Å². The van der Waals surface area contributed by atoms with Gasteiger partial charge in [-0.25, -0.2) is 0 Å². The highest BCUT2D eigenvalue weighted by Crippen LogP contribution is 2.22. The van der Waals surface area contributed by atoms with E-state index in [9.17, 15) is 4.79 Å². The molecule has 1 amide bonds. The summed E-state index contributed by atoms with van der Waals surface area (Å²) in [5.41, 5.74) is 6.19. The molecular formula is C13H15ClN2OS. The van der Waals surface area contributed by atoms with Crippen LogP contribution in [0.15, 0.2) is 24.3 Å². The monoisotopic (exact) mass is 282 g/mol. The topological polar surface area (TPSA) is 46.3 Å². The van der Waals surface area contributed by atoms with E-state index in [2.05, 4.69) is 0 Å². The zero-order valence-electron chi connectivity index (χ0n) is 9.93. The lowest BCUT2D eigenvalue weighted by Gasteiger charge is -2.31. The third-order valence-electron chi connectivity index (χ3n) is 3.29. The van der Waals surface area contributed by atoms with Crippen LogP contribution in [0.5, 0.6) is 0 Å². The highest BCUT2D eigenvalue weighted by Gasteiger charge is 2.25. The van der Waals surface area contributed by atoms with E-state index in [1.807, 2.05) is 17.0 Å². The largest absolute Gasteiger partial charge is 0.393 e. The minimum atomic E-state index is -0.0120. The number of benzene rings is 1. The molecule has 1 aromatic carbocycles. The summed E-state index contributed by atoms with van der Waals surface area (Å²) in [6.07, 6.45) is 1.68. The fourth-order valence-corrected chi connectivity index (χ4v) is 2.62. The summed E-state index contributed by atoms with van der Waals surface area (Å²) >= 11 is 11.0. The van der Waals surface area contributed by atoms with Gasteiger partial charge < -0.3 is 10.6 Å². The van der Waals surface area contributed by atoms with Gasteiger partial charge in [0.25, 0.3) is 5.91 Å². The Morgan fingerprint density at radius 3 is 2.50 bits per heavy atom. The second-order valence-electron chi connectivity index (χ2n) is 4.45. The zero-order chi connectivity index (χ0) is 13.1. The fraction of sp³-hybridized carbons (Fsp3) is 0.385. The van der Waals surface area contributed by atoms with E-state index in [0.29, 0.717) is 28.7 Å². The molecule has 1 aromatic rings. The van der Waals surface area contributed by atoms with E-state index in [4.69, 9.17) is 29.6 Å². The SMILES string of the molecule is NC(=S)C1CCN(C(=O)c2ccccc2Cl)CC1. The number of nitrogens with zero attached hydrogens (tertiary/aromatic N) is 1. The summed E-state index contributed by atoms with van der Waals surface area (Å²) in [6.45, 7) is 1.37. The molecule has 1 aliphatic heterocycles. The van der Waals surface area contributed by atoms with Crippen LogP contribution < -0.4 is 5.73 Å². The maximum absolute atomic E-state index is 12.3. The van der Waals surface area contributed by atoms with Gasteiger partial charge >= 0.3 is 0 Å². The summed E-state index contributed by atoms with van der Waals surface area (Å²) in [6, 6.07) is 7.12. The summed E-state index contributed by atoms with van der Waals surface area (Å²) < 4.78 is 0. The van der Waals surface area contributed by atoms with Crippen LogP contribution in [0.3, 0.4) is 0 Å². The maximum atomic E-state index is 12.3.